The molecule has 0 bridgehead atoms. The third-order valence-corrected chi connectivity index (χ3v) is 5.84. The smallest absolute Gasteiger partial charge is 0.294 e. The van der Waals surface area contributed by atoms with E-state index in [-0.39, 0.29) is 23.8 Å². The van der Waals surface area contributed by atoms with Crippen LogP contribution in [0.25, 0.3) is 11.0 Å². The molecule has 0 radical (unpaired) electrons. The van der Waals surface area contributed by atoms with Crippen molar-refractivity contribution in [2.75, 3.05) is 48.9 Å². The first-order valence-electron chi connectivity index (χ1n) is 11.5. The van der Waals surface area contributed by atoms with Crippen LogP contribution in [0.4, 0.5) is 17.2 Å². The van der Waals surface area contributed by atoms with Gasteiger partial charge in [-0.25, -0.2) is 4.98 Å². The van der Waals surface area contributed by atoms with E-state index < -0.39 is 0 Å². The zero-order valence-corrected chi connectivity index (χ0v) is 19.0. The number of nitrogens with zero attached hydrogens (tertiary/aromatic N) is 3. The van der Waals surface area contributed by atoms with Crippen LogP contribution in [0.15, 0.2) is 53.3 Å². The van der Waals surface area contributed by atoms with Gasteiger partial charge < -0.3 is 20.3 Å². The Balaban J connectivity index is 1.48. The van der Waals surface area contributed by atoms with Gasteiger partial charge in [0.1, 0.15) is 6.54 Å². The SMILES string of the molecule is COCCCNc1nc2ccccc2n(CC(=O)Nc2ccc(N3CCCCC3)cc2)c1=O. The summed E-state index contributed by atoms with van der Waals surface area (Å²) < 4.78 is 6.53. The third kappa shape index (κ3) is 5.70. The zero-order valence-electron chi connectivity index (χ0n) is 19.0. The molecule has 0 aliphatic carbocycles. The Hall–Kier alpha value is -3.39. The molecular formula is C25H31N5O3. The van der Waals surface area contributed by atoms with Gasteiger partial charge in [0.05, 0.1) is 11.0 Å². The van der Waals surface area contributed by atoms with Crippen molar-refractivity contribution in [3.8, 4) is 0 Å². The molecule has 1 amide bonds. The molecule has 1 fully saturated rings. The van der Waals surface area contributed by atoms with Crippen LogP contribution in [0.3, 0.4) is 0 Å². The topological polar surface area (TPSA) is 88.5 Å². The second kappa shape index (κ2) is 11.0. The number of hydrogen-bond donors (Lipinski definition) is 2. The van der Waals surface area contributed by atoms with Gasteiger partial charge >= 0.3 is 0 Å². The Labute approximate surface area is 193 Å². The first kappa shape index (κ1) is 22.8. The minimum atomic E-state index is -0.318. The second-order valence-corrected chi connectivity index (χ2v) is 8.26. The van der Waals surface area contributed by atoms with E-state index in [2.05, 4.69) is 20.5 Å². The first-order chi connectivity index (χ1) is 16.2. The maximum Gasteiger partial charge on any atom is 0.294 e. The molecule has 2 heterocycles. The maximum atomic E-state index is 13.1. The molecule has 33 heavy (non-hydrogen) atoms. The number of methoxy groups -OCH3 is 1. The summed E-state index contributed by atoms with van der Waals surface area (Å²) in [6, 6.07) is 15.2. The molecule has 0 spiro atoms. The average Bonchev–Trinajstić information content (AvgIpc) is 2.85. The van der Waals surface area contributed by atoms with E-state index >= 15 is 0 Å². The van der Waals surface area contributed by atoms with E-state index in [9.17, 15) is 9.59 Å². The van der Waals surface area contributed by atoms with Gasteiger partial charge in [-0.15, -0.1) is 0 Å². The van der Waals surface area contributed by atoms with Crippen LogP contribution in [-0.4, -0.2) is 48.8 Å². The van der Waals surface area contributed by atoms with Gasteiger partial charge in [-0.3, -0.25) is 14.2 Å². The number of piperidine rings is 1. The second-order valence-electron chi connectivity index (χ2n) is 8.26. The van der Waals surface area contributed by atoms with Crippen LogP contribution < -0.4 is 21.1 Å². The maximum absolute atomic E-state index is 13.1. The fourth-order valence-corrected chi connectivity index (χ4v) is 4.14. The molecular weight excluding hydrogens is 418 g/mol. The molecule has 1 saturated heterocycles. The lowest BCUT2D eigenvalue weighted by Gasteiger charge is -2.28. The fraction of sp³-hybridized carbons (Fsp3) is 0.400. The fourth-order valence-electron chi connectivity index (χ4n) is 4.14. The van der Waals surface area contributed by atoms with Crippen LogP contribution >= 0.6 is 0 Å². The molecule has 1 aliphatic rings. The van der Waals surface area contributed by atoms with Crippen molar-refractivity contribution >= 4 is 34.1 Å². The summed E-state index contributed by atoms with van der Waals surface area (Å²) >= 11 is 0. The van der Waals surface area contributed by atoms with Crippen LogP contribution in [0.5, 0.6) is 0 Å². The minimum absolute atomic E-state index is 0.0947. The van der Waals surface area contributed by atoms with E-state index in [0.29, 0.717) is 29.9 Å². The molecule has 2 aromatic carbocycles. The predicted octanol–water partition coefficient (Wildman–Crippen LogP) is 3.47. The van der Waals surface area contributed by atoms with Crippen LogP contribution in [0.2, 0.25) is 0 Å². The standard InChI is InChI=1S/C25H31N5O3/c1-33-17-7-14-26-24-25(32)30(22-9-4-3-8-21(22)28-24)18-23(31)27-19-10-12-20(13-11-19)29-15-5-2-6-16-29/h3-4,8-13H,2,5-7,14-18H2,1H3,(H,26,28)(H,27,31). The molecule has 2 N–H and O–H groups in total. The summed E-state index contributed by atoms with van der Waals surface area (Å²) in [5, 5.41) is 6.00. The number of ether oxygens (including phenoxy) is 1. The Morgan fingerprint density at radius 3 is 2.58 bits per heavy atom. The van der Waals surface area contributed by atoms with Gasteiger partial charge in [0.15, 0.2) is 5.82 Å². The highest BCUT2D eigenvalue weighted by Gasteiger charge is 2.15. The molecule has 1 aliphatic heterocycles. The average molecular weight is 450 g/mol. The van der Waals surface area contributed by atoms with Crippen molar-refractivity contribution in [1.29, 1.82) is 0 Å². The number of amides is 1. The Kier molecular flexibility index (Phi) is 7.57. The van der Waals surface area contributed by atoms with Gasteiger partial charge in [-0.1, -0.05) is 12.1 Å². The van der Waals surface area contributed by atoms with E-state index in [0.717, 1.165) is 19.5 Å². The molecule has 8 nitrogen and oxygen atoms in total. The summed E-state index contributed by atoms with van der Waals surface area (Å²) in [5.41, 5.74) is 2.85. The largest absolute Gasteiger partial charge is 0.385 e. The highest BCUT2D eigenvalue weighted by molar-refractivity contribution is 5.91. The van der Waals surface area contributed by atoms with Crippen LogP contribution in [0, 0.1) is 0 Å². The molecule has 174 valence electrons. The van der Waals surface area contributed by atoms with Crippen molar-refractivity contribution in [2.24, 2.45) is 0 Å². The van der Waals surface area contributed by atoms with Gasteiger partial charge in [0.2, 0.25) is 5.91 Å². The Morgan fingerprint density at radius 2 is 1.82 bits per heavy atom. The number of rotatable bonds is 9. The van der Waals surface area contributed by atoms with Crippen LogP contribution in [-0.2, 0) is 16.1 Å². The number of nitrogens with one attached hydrogen (secondary N) is 2. The number of hydrogen-bond acceptors (Lipinski definition) is 6. The zero-order chi connectivity index (χ0) is 23.0. The summed E-state index contributed by atoms with van der Waals surface area (Å²) in [4.78, 5) is 32.7. The highest BCUT2D eigenvalue weighted by Crippen LogP contribution is 2.22. The highest BCUT2D eigenvalue weighted by atomic mass is 16.5. The van der Waals surface area contributed by atoms with Crippen LogP contribution in [0.1, 0.15) is 25.7 Å². The molecule has 0 saturated carbocycles. The van der Waals surface area contributed by atoms with Crippen molar-refractivity contribution < 1.29 is 9.53 Å². The molecule has 8 heteroatoms. The number of fused-ring (bicyclic) bond motifs is 1. The number of carbonyl (C=O) groups excluding carboxylic acids is 1. The Morgan fingerprint density at radius 1 is 1.06 bits per heavy atom. The lowest BCUT2D eigenvalue weighted by Crippen LogP contribution is -2.31. The lowest BCUT2D eigenvalue weighted by atomic mass is 10.1. The third-order valence-electron chi connectivity index (χ3n) is 5.84. The normalized spacial score (nSPS) is 13.8. The number of benzene rings is 2. The number of anilines is 3. The number of aromatic nitrogens is 2. The molecule has 0 atom stereocenters. The quantitative estimate of drug-likeness (QED) is 0.487. The van der Waals surface area contributed by atoms with Gasteiger partial charge in [0, 0.05) is 44.7 Å². The summed E-state index contributed by atoms with van der Waals surface area (Å²) in [6.45, 7) is 3.21. The minimum Gasteiger partial charge on any atom is -0.385 e. The number of para-hydroxylation sites is 2. The summed E-state index contributed by atoms with van der Waals surface area (Å²) in [7, 11) is 1.64. The molecule has 3 aromatic rings. The first-order valence-corrected chi connectivity index (χ1v) is 11.5. The van der Waals surface area contributed by atoms with Gasteiger partial charge in [-0.2, -0.15) is 0 Å². The molecule has 0 unspecified atom stereocenters. The van der Waals surface area contributed by atoms with E-state index in [1.165, 1.54) is 29.5 Å². The van der Waals surface area contributed by atoms with Crippen molar-refractivity contribution in [3.05, 3.63) is 58.9 Å². The molecule has 1 aromatic heterocycles. The van der Waals surface area contributed by atoms with E-state index in [1.807, 2.05) is 42.5 Å². The monoisotopic (exact) mass is 449 g/mol. The molecule has 4 rings (SSSR count). The predicted molar refractivity (Wildman–Crippen MR) is 132 cm³/mol. The summed E-state index contributed by atoms with van der Waals surface area (Å²) in [5.74, 6) is -0.0204. The van der Waals surface area contributed by atoms with E-state index in [4.69, 9.17) is 4.74 Å². The van der Waals surface area contributed by atoms with E-state index in [1.54, 1.807) is 13.2 Å². The van der Waals surface area contributed by atoms with Crippen molar-refractivity contribution in [1.82, 2.24) is 9.55 Å². The van der Waals surface area contributed by atoms with Crippen molar-refractivity contribution in [3.63, 3.8) is 0 Å². The Bertz CT molecular complexity index is 1140. The lowest BCUT2D eigenvalue weighted by molar-refractivity contribution is -0.116. The van der Waals surface area contributed by atoms with Gasteiger partial charge in [-0.05, 0) is 62.1 Å². The summed E-state index contributed by atoms with van der Waals surface area (Å²) in [6.07, 6.45) is 4.48. The number of carbonyl (C=O) groups is 1. The van der Waals surface area contributed by atoms with Gasteiger partial charge in [0.25, 0.3) is 5.56 Å². The van der Waals surface area contributed by atoms with Crippen molar-refractivity contribution in [2.45, 2.75) is 32.2 Å².